The van der Waals surface area contributed by atoms with Crippen LogP contribution in [0.5, 0.6) is 11.5 Å². The summed E-state index contributed by atoms with van der Waals surface area (Å²) in [5.41, 5.74) is -0.118. The van der Waals surface area contributed by atoms with Crippen LogP contribution in [0.4, 0.5) is 5.69 Å². The van der Waals surface area contributed by atoms with Gasteiger partial charge in [-0.1, -0.05) is 12.1 Å². The number of carbonyl (C=O) groups excluding carboxylic acids is 1. The van der Waals surface area contributed by atoms with Crippen LogP contribution in [0.3, 0.4) is 0 Å². The summed E-state index contributed by atoms with van der Waals surface area (Å²) >= 11 is 0. The molecule has 114 valence electrons. The van der Waals surface area contributed by atoms with Gasteiger partial charge in [0.15, 0.2) is 9.84 Å². The quantitative estimate of drug-likeness (QED) is 0.476. The summed E-state index contributed by atoms with van der Waals surface area (Å²) in [6, 6.07) is 9.44. The van der Waals surface area contributed by atoms with Crippen LogP contribution in [0.25, 0.3) is 0 Å². The lowest BCUT2D eigenvalue weighted by Gasteiger charge is -2.07. The highest BCUT2D eigenvalue weighted by atomic mass is 32.2. The Morgan fingerprint density at radius 2 is 1.91 bits per heavy atom. The van der Waals surface area contributed by atoms with Crippen LogP contribution in [0, 0.1) is 10.1 Å². The standard InChI is InChI=1S/C14H11NO6S/c1-22(19,20)12-5-6-14(13(8-12)15(17)18)21-11-4-2-3-10(7-11)9-16/h2-9H,1H3. The Balaban J connectivity index is 2.46. The molecule has 0 aliphatic rings. The molecule has 2 aromatic carbocycles. The normalized spacial score (nSPS) is 11.0. The number of benzene rings is 2. The Kier molecular flexibility index (Phi) is 4.22. The van der Waals surface area contributed by atoms with E-state index in [1.54, 1.807) is 12.1 Å². The molecule has 0 amide bonds. The number of aldehydes is 1. The Hall–Kier alpha value is -2.74. The molecule has 0 fully saturated rings. The van der Waals surface area contributed by atoms with E-state index >= 15 is 0 Å². The van der Waals surface area contributed by atoms with Crippen LogP contribution < -0.4 is 4.74 Å². The SMILES string of the molecule is CS(=O)(=O)c1ccc(Oc2cccc(C=O)c2)c([N+](=O)[O-])c1. The van der Waals surface area contributed by atoms with Gasteiger partial charge in [0.25, 0.3) is 0 Å². The van der Waals surface area contributed by atoms with Crippen molar-refractivity contribution in [3.05, 3.63) is 58.1 Å². The summed E-state index contributed by atoms with van der Waals surface area (Å²) in [5, 5.41) is 11.1. The molecular formula is C14H11NO6S. The van der Waals surface area contributed by atoms with Gasteiger partial charge in [0.1, 0.15) is 12.0 Å². The Bertz CT molecular complexity index is 844. The van der Waals surface area contributed by atoms with Crippen molar-refractivity contribution in [1.82, 2.24) is 0 Å². The van der Waals surface area contributed by atoms with E-state index in [1.165, 1.54) is 24.3 Å². The highest BCUT2D eigenvalue weighted by Crippen LogP contribution is 2.33. The molecule has 0 heterocycles. The number of hydrogen-bond donors (Lipinski definition) is 0. The fourth-order valence-corrected chi connectivity index (χ4v) is 2.38. The summed E-state index contributed by atoms with van der Waals surface area (Å²) < 4.78 is 28.3. The van der Waals surface area contributed by atoms with E-state index in [2.05, 4.69) is 0 Å². The summed E-state index contributed by atoms with van der Waals surface area (Å²) in [6.07, 6.45) is 1.58. The zero-order chi connectivity index (χ0) is 16.3. The summed E-state index contributed by atoms with van der Waals surface area (Å²) in [7, 11) is -3.57. The van der Waals surface area contributed by atoms with E-state index in [0.717, 1.165) is 12.3 Å². The minimum atomic E-state index is -3.57. The Morgan fingerprint density at radius 3 is 2.50 bits per heavy atom. The first kappa shape index (κ1) is 15.6. The third-order valence-electron chi connectivity index (χ3n) is 2.78. The summed E-state index contributed by atoms with van der Waals surface area (Å²) in [5.74, 6) is 0.125. The van der Waals surface area contributed by atoms with Crippen LogP contribution >= 0.6 is 0 Å². The van der Waals surface area contributed by atoms with Gasteiger partial charge < -0.3 is 4.74 Å². The first-order valence-electron chi connectivity index (χ1n) is 6.03. The molecule has 0 spiro atoms. The third kappa shape index (κ3) is 3.47. The van der Waals surface area contributed by atoms with Gasteiger partial charge in [-0.25, -0.2) is 8.42 Å². The van der Waals surface area contributed by atoms with Gasteiger partial charge in [-0.2, -0.15) is 0 Å². The van der Waals surface area contributed by atoms with Crippen molar-refractivity contribution in [2.24, 2.45) is 0 Å². The monoisotopic (exact) mass is 321 g/mol. The molecule has 0 aliphatic heterocycles. The van der Waals surface area contributed by atoms with Gasteiger partial charge in [0.05, 0.1) is 9.82 Å². The number of nitro benzene ring substituents is 1. The van der Waals surface area contributed by atoms with Crippen molar-refractivity contribution in [2.45, 2.75) is 4.90 Å². The molecule has 0 atom stereocenters. The predicted molar refractivity (Wildman–Crippen MR) is 78.1 cm³/mol. The minimum absolute atomic E-state index is 0.111. The van der Waals surface area contributed by atoms with Crippen molar-refractivity contribution in [2.75, 3.05) is 6.26 Å². The van der Waals surface area contributed by atoms with Crippen molar-refractivity contribution in [1.29, 1.82) is 0 Å². The lowest BCUT2D eigenvalue weighted by Crippen LogP contribution is -2.00. The van der Waals surface area contributed by atoms with Crippen LogP contribution in [0.1, 0.15) is 10.4 Å². The third-order valence-corrected chi connectivity index (χ3v) is 3.89. The maximum Gasteiger partial charge on any atom is 0.312 e. The van der Waals surface area contributed by atoms with Crippen LogP contribution in [-0.4, -0.2) is 25.9 Å². The van der Waals surface area contributed by atoms with Gasteiger partial charge in [0, 0.05) is 17.9 Å². The van der Waals surface area contributed by atoms with Crippen molar-refractivity contribution < 1.29 is 22.9 Å². The first-order chi connectivity index (χ1) is 10.3. The molecule has 0 aliphatic carbocycles. The molecule has 8 heteroatoms. The molecule has 0 radical (unpaired) electrons. The zero-order valence-electron chi connectivity index (χ0n) is 11.4. The molecule has 0 unspecified atom stereocenters. The van der Waals surface area contributed by atoms with Crippen molar-refractivity contribution in [3.8, 4) is 11.5 Å². The van der Waals surface area contributed by atoms with Crippen molar-refractivity contribution >= 4 is 21.8 Å². The summed E-state index contributed by atoms with van der Waals surface area (Å²) in [4.78, 5) is 20.9. The predicted octanol–water partition coefficient (Wildman–Crippen LogP) is 2.60. The summed E-state index contributed by atoms with van der Waals surface area (Å²) in [6.45, 7) is 0. The number of nitro groups is 1. The van der Waals surface area contributed by atoms with Gasteiger partial charge >= 0.3 is 5.69 Å². The van der Waals surface area contributed by atoms with E-state index in [0.29, 0.717) is 11.8 Å². The van der Waals surface area contributed by atoms with Crippen molar-refractivity contribution in [3.63, 3.8) is 0 Å². The van der Waals surface area contributed by atoms with E-state index in [4.69, 9.17) is 4.74 Å². The highest BCUT2D eigenvalue weighted by molar-refractivity contribution is 7.90. The number of ether oxygens (including phenoxy) is 1. The van der Waals surface area contributed by atoms with Gasteiger partial charge in [-0.15, -0.1) is 0 Å². The average Bonchev–Trinajstić information content (AvgIpc) is 2.46. The number of sulfone groups is 1. The number of nitrogens with zero attached hydrogens (tertiary/aromatic N) is 1. The molecule has 2 aromatic rings. The Morgan fingerprint density at radius 1 is 1.18 bits per heavy atom. The molecule has 0 N–H and O–H groups in total. The van der Waals surface area contributed by atoms with Gasteiger partial charge in [0.2, 0.25) is 5.75 Å². The topological polar surface area (TPSA) is 104 Å². The molecule has 22 heavy (non-hydrogen) atoms. The van der Waals surface area contributed by atoms with E-state index in [-0.39, 0.29) is 16.4 Å². The Labute approximate surface area is 126 Å². The maximum atomic E-state index is 11.5. The molecule has 0 saturated carbocycles. The fraction of sp³-hybridized carbons (Fsp3) is 0.0714. The van der Waals surface area contributed by atoms with Gasteiger partial charge in [-0.05, 0) is 24.3 Å². The zero-order valence-corrected chi connectivity index (χ0v) is 12.2. The molecule has 0 saturated heterocycles. The smallest absolute Gasteiger partial charge is 0.312 e. The lowest BCUT2D eigenvalue weighted by atomic mass is 10.2. The second-order valence-electron chi connectivity index (χ2n) is 4.45. The molecule has 0 bridgehead atoms. The molecule has 2 rings (SSSR count). The number of hydrogen-bond acceptors (Lipinski definition) is 6. The maximum absolute atomic E-state index is 11.5. The highest BCUT2D eigenvalue weighted by Gasteiger charge is 2.20. The number of rotatable bonds is 5. The van der Waals surface area contributed by atoms with E-state index in [9.17, 15) is 23.3 Å². The first-order valence-corrected chi connectivity index (χ1v) is 7.92. The molecule has 0 aromatic heterocycles. The second kappa shape index (κ2) is 5.94. The van der Waals surface area contributed by atoms with Crippen LogP contribution in [0.15, 0.2) is 47.4 Å². The largest absolute Gasteiger partial charge is 0.450 e. The molecular weight excluding hydrogens is 310 g/mol. The fourth-order valence-electron chi connectivity index (χ4n) is 1.74. The van der Waals surface area contributed by atoms with E-state index < -0.39 is 20.4 Å². The minimum Gasteiger partial charge on any atom is -0.450 e. The van der Waals surface area contributed by atoms with E-state index in [1.807, 2.05) is 0 Å². The average molecular weight is 321 g/mol. The van der Waals surface area contributed by atoms with Gasteiger partial charge in [-0.3, -0.25) is 14.9 Å². The number of carbonyl (C=O) groups is 1. The molecule has 7 nitrogen and oxygen atoms in total. The second-order valence-corrected chi connectivity index (χ2v) is 6.47. The van der Waals surface area contributed by atoms with Crippen LogP contribution in [-0.2, 0) is 9.84 Å². The lowest BCUT2D eigenvalue weighted by molar-refractivity contribution is -0.385. The van der Waals surface area contributed by atoms with Crippen LogP contribution in [0.2, 0.25) is 0 Å².